The number of likely N-dealkylation sites (tertiary alicyclic amines) is 1. The van der Waals surface area contributed by atoms with Crippen molar-refractivity contribution in [2.45, 2.75) is 50.7 Å². The van der Waals surface area contributed by atoms with E-state index in [1.807, 2.05) is 10.6 Å². The Bertz CT molecular complexity index is 1530. The average molecular weight is 588 g/mol. The van der Waals surface area contributed by atoms with Crippen LogP contribution in [0.1, 0.15) is 60.6 Å². The topological polar surface area (TPSA) is 123 Å². The van der Waals surface area contributed by atoms with Gasteiger partial charge in [-0.05, 0) is 56.7 Å². The number of benzene rings is 1. The summed E-state index contributed by atoms with van der Waals surface area (Å²) in [5, 5.41) is 15.2. The van der Waals surface area contributed by atoms with Gasteiger partial charge in [0.15, 0.2) is 5.65 Å². The van der Waals surface area contributed by atoms with Gasteiger partial charge in [0.2, 0.25) is 10.0 Å². The van der Waals surface area contributed by atoms with E-state index in [0.717, 1.165) is 68.8 Å². The molecule has 13 heteroatoms. The van der Waals surface area contributed by atoms with Crippen molar-refractivity contribution in [3.63, 3.8) is 0 Å². The number of aromatic nitrogens is 3. The monoisotopic (exact) mass is 587 g/mol. The number of piperidine rings is 2. The molecule has 3 fully saturated rings. The number of hydrogen-bond donors (Lipinski definition) is 2. The molecule has 2 aromatic heterocycles. The van der Waals surface area contributed by atoms with Crippen molar-refractivity contribution in [1.82, 2.24) is 19.5 Å². The average Bonchev–Trinajstić information content (AvgIpc) is 3.35. The lowest BCUT2D eigenvalue weighted by Gasteiger charge is -2.37. The number of anilines is 3. The molecule has 3 aromatic rings. The molecule has 0 bridgehead atoms. The molecule has 0 spiro atoms. The van der Waals surface area contributed by atoms with E-state index < -0.39 is 10.0 Å². The van der Waals surface area contributed by atoms with Crippen LogP contribution in [0.4, 0.5) is 17.3 Å². The number of aliphatic hydroxyl groups excluding tert-OH is 1. The lowest BCUT2D eigenvalue weighted by molar-refractivity contribution is 0.0607. The van der Waals surface area contributed by atoms with Gasteiger partial charge in [-0.25, -0.2) is 13.4 Å². The maximum Gasteiger partial charge on any atom is 0.256 e. The number of nitrogens with one attached hydrogen (secondary N) is 1. The highest BCUT2D eigenvalue weighted by atomic mass is 35.5. The number of β-amino-alcohol motifs (C(OH)–C–C–N with tert-alkyl or cyclic N) is 1. The van der Waals surface area contributed by atoms with Crippen LogP contribution in [-0.4, -0.2) is 84.0 Å². The highest BCUT2D eigenvalue weighted by molar-refractivity contribution is 7.92. The number of halogens is 1. The Morgan fingerprint density at radius 2 is 1.77 bits per heavy atom. The van der Waals surface area contributed by atoms with Crippen LogP contribution < -0.4 is 14.5 Å². The minimum absolute atomic E-state index is 0.201. The number of hydrogen-bond acceptors (Lipinski definition) is 8. The molecule has 1 aromatic carbocycles. The predicted molar refractivity (Wildman–Crippen MR) is 155 cm³/mol. The summed E-state index contributed by atoms with van der Waals surface area (Å²) in [6, 6.07) is 8.30. The van der Waals surface area contributed by atoms with Crippen LogP contribution in [0.3, 0.4) is 0 Å². The van der Waals surface area contributed by atoms with E-state index in [2.05, 4.69) is 20.6 Å². The Kier molecular flexibility index (Phi) is 7.26. The number of aliphatic hydroxyl groups is 1. The van der Waals surface area contributed by atoms with Crippen LogP contribution >= 0.6 is 11.6 Å². The molecule has 40 heavy (non-hydrogen) atoms. The van der Waals surface area contributed by atoms with Crippen LogP contribution in [0.5, 0.6) is 0 Å². The molecule has 11 nitrogen and oxygen atoms in total. The Morgan fingerprint density at radius 1 is 1.02 bits per heavy atom. The number of nitrogens with zero attached hydrogens (tertiary/aromatic N) is 6. The molecule has 3 aliphatic heterocycles. The second-order valence-electron chi connectivity index (χ2n) is 11.0. The van der Waals surface area contributed by atoms with Crippen molar-refractivity contribution < 1.29 is 18.3 Å². The standard InChI is InChI=1S/C27H34ClN7O4S/c1-40(38,39)31-21-9-8-18(28)13-20(21)27(37)34-12-6-3-7-23(34)22-14-25-29-24(33-16-19(36)17-33)15-26(35(25)30-22)32-10-4-2-5-11-32/h8-9,13-15,19,23,31,36H,2-7,10-12,16-17H2,1H3/t23-/m0/s1. The molecule has 214 valence electrons. The van der Waals surface area contributed by atoms with Crippen molar-refractivity contribution >= 4 is 50.5 Å². The summed E-state index contributed by atoms with van der Waals surface area (Å²) in [5.74, 6) is 1.49. The predicted octanol–water partition coefficient (Wildman–Crippen LogP) is 3.29. The van der Waals surface area contributed by atoms with Gasteiger partial charge in [0.1, 0.15) is 11.6 Å². The summed E-state index contributed by atoms with van der Waals surface area (Å²) in [5.41, 5.74) is 1.86. The summed E-state index contributed by atoms with van der Waals surface area (Å²) in [6.07, 6.45) is 6.66. The lowest BCUT2D eigenvalue weighted by Crippen LogP contribution is -2.51. The van der Waals surface area contributed by atoms with Crippen molar-refractivity contribution in [3.05, 3.63) is 46.6 Å². The van der Waals surface area contributed by atoms with Gasteiger partial charge >= 0.3 is 0 Å². The van der Waals surface area contributed by atoms with E-state index in [1.165, 1.54) is 18.6 Å². The fourth-order valence-electron chi connectivity index (χ4n) is 5.90. The van der Waals surface area contributed by atoms with E-state index in [0.29, 0.717) is 30.3 Å². The third-order valence-corrected chi connectivity index (χ3v) is 8.72. The second kappa shape index (κ2) is 10.7. The first-order valence-electron chi connectivity index (χ1n) is 13.8. The fourth-order valence-corrected chi connectivity index (χ4v) is 6.65. The quantitative estimate of drug-likeness (QED) is 0.450. The Morgan fingerprint density at radius 3 is 2.50 bits per heavy atom. The molecule has 5 heterocycles. The molecular weight excluding hydrogens is 554 g/mol. The fraction of sp³-hybridized carbons (Fsp3) is 0.519. The molecule has 1 atom stereocenters. The largest absolute Gasteiger partial charge is 0.389 e. The van der Waals surface area contributed by atoms with E-state index in [-0.39, 0.29) is 29.3 Å². The zero-order valence-electron chi connectivity index (χ0n) is 22.5. The van der Waals surface area contributed by atoms with Crippen LogP contribution in [0, 0.1) is 0 Å². The van der Waals surface area contributed by atoms with Gasteiger partial charge in [-0.3, -0.25) is 9.52 Å². The van der Waals surface area contributed by atoms with Crippen LogP contribution in [0.15, 0.2) is 30.3 Å². The molecule has 3 aliphatic rings. The number of carbonyl (C=O) groups is 1. The smallest absolute Gasteiger partial charge is 0.256 e. The maximum absolute atomic E-state index is 13.9. The molecule has 0 unspecified atom stereocenters. The first-order valence-corrected chi connectivity index (χ1v) is 16.1. The number of amides is 1. The molecule has 0 aliphatic carbocycles. The van der Waals surface area contributed by atoms with Gasteiger partial charge in [-0.2, -0.15) is 9.61 Å². The van der Waals surface area contributed by atoms with E-state index >= 15 is 0 Å². The minimum atomic E-state index is -3.60. The molecule has 6 rings (SSSR count). The highest BCUT2D eigenvalue weighted by Crippen LogP contribution is 2.35. The van der Waals surface area contributed by atoms with Gasteiger partial charge in [-0.15, -0.1) is 0 Å². The summed E-state index contributed by atoms with van der Waals surface area (Å²) >= 11 is 6.24. The second-order valence-corrected chi connectivity index (χ2v) is 13.2. The van der Waals surface area contributed by atoms with Crippen molar-refractivity contribution in [2.75, 3.05) is 53.5 Å². The van der Waals surface area contributed by atoms with E-state index in [4.69, 9.17) is 21.7 Å². The Balaban J connectivity index is 1.38. The molecule has 0 radical (unpaired) electrons. The van der Waals surface area contributed by atoms with Gasteiger partial charge in [0, 0.05) is 49.9 Å². The van der Waals surface area contributed by atoms with E-state index in [1.54, 1.807) is 11.0 Å². The molecule has 1 amide bonds. The van der Waals surface area contributed by atoms with Crippen molar-refractivity contribution in [2.24, 2.45) is 0 Å². The van der Waals surface area contributed by atoms with Gasteiger partial charge in [-0.1, -0.05) is 11.6 Å². The molecular formula is C27H34ClN7O4S. The summed E-state index contributed by atoms with van der Waals surface area (Å²) in [7, 11) is -3.60. The number of fused-ring (bicyclic) bond motifs is 1. The minimum Gasteiger partial charge on any atom is -0.389 e. The van der Waals surface area contributed by atoms with Gasteiger partial charge in [0.25, 0.3) is 5.91 Å². The molecule has 2 N–H and O–H groups in total. The maximum atomic E-state index is 13.9. The van der Waals surface area contributed by atoms with Crippen molar-refractivity contribution in [1.29, 1.82) is 0 Å². The summed E-state index contributed by atoms with van der Waals surface area (Å²) < 4.78 is 28.3. The van der Waals surface area contributed by atoms with Crippen LogP contribution in [-0.2, 0) is 10.0 Å². The SMILES string of the molecule is CS(=O)(=O)Nc1ccc(Cl)cc1C(=O)N1CCCC[C@H]1c1cc2nc(N3CC(O)C3)cc(N3CCCCC3)n2n1. The summed E-state index contributed by atoms with van der Waals surface area (Å²) in [4.78, 5) is 25.0. The third kappa shape index (κ3) is 5.44. The summed E-state index contributed by atoms with van der Waals surface area (Å²) in [6.45, 7) is 3.51. The lowest BCUT2D eigenvalue weighted by atomic mass is 9.98. The first kappa shape index (κ1) is 27.1. The zero-order chi connectivity index (χ0) is 28.0. The normalized spacial score (nSPS) is 20.6. The Labute approximate surface area is 238 Å². The van der Waals surface area contributed by atoms with Gasteiger partial charge < -0.3 is 19.8 Å². The van der Waals surface area contributed by atoms with Gasteiger partial charge in [0.05, 0.1) is 35.3 Å². The number of rotatable bonds is 6. The molecule has 3 saturated heterocycles. The van der Waals surface area contributed by atoms with Crippen LogP contribution in [0.25, 0.3) is 5.65 Å². The first-order chi connectivity index (χ1) is 19.2. The number of sulfonamides is 1. The highest BCUT2D eigenvalue weighted by Gasteiger charge is 2.33. The number of carbonyl (C=O) groups excluding carboxylic acids is 1. The molecule has 0 saturated carbocycles. The van der Waals surface area contributed by atoms with E-state index in [9.17, 15) is 18.3 Å². The van der Waals surface area contributed by atoms with Crippen LogP contribution in [0.2, 0.25) is 5.02 Å². The zero-order valence-corrected chi connectivity index (χ0v) is 24.0. The van der Waals surface area contributed by atoms with Crippen molar-refractivity contribution in [3.8, 4) is 0 Å². The third-order valence-electron chi connectivity index (χ3n) is 7.89. The Hall–Kier alpha value is -3.09.